The lowest BCUT2D eigenvalue weighted by Crippen LogP contribution is -2.12. The van der Waals surface area contributed by atoms with Crippen LogP contribution in [0.3, 0.4) is 0 Å². The third kappa shape index (κ3) is 3.27. The zero-order valence-electron chi connectivity index (χ0n) is 10.5. The summed E-state index contributed by atoms with van der Waals surface area (Å²) >= 11 is 0. The molecule has 0 fully saturated rings. The van der Waals surface area contributed by atoms with Crippen molar-refractivity contribution in [2.45, 2.75) is 19.8 Å². The standard InChI is InChI=1S/C16H17NO/c1-13(10-11-15-9-5-6-12-17-15)16(18)14-7-3-2-4-8-14/h2-9,12-13H,10-11H2,1H3/t13-/m0/s1. The minimum atomic E-state index is 0.0365. The predicted molar refractivity (Wildman–Crippen MR) is 72.5 cm³/mol. The number of aryl methyl sites for hydroxylation is 1. The van der Waals surface area contributed by atoms with Crippen molar-refractivity contribution in [2.75, 3.05) is 0 Å². The number of benzene rings is 1. The number of carbonyl (C=O) groups is 1. The number of rotatable bonds is 5. The fourth-order valence-electron chi connectivity index (χ4n) is 1.93. The summed E-state index contributed by atoms with van der Waals surface area (Å²) in [5, 5.41) is 0. The van der Waals surface area contributed by atoms with Crippen molar-refractivity contribution in [3.05, 3.63) is 66.0 Å². The zero-order chi connectivity index (χ0) is 12.8. The molecule has 1 atom stereocenters. The number of hydrogen-bond donors (Lipinski definition) is 0. The van der Waals surface area contributed by atoms with Crippen LogP contribution in [-0.4, -0.2) is 10.8 Å². The lowest BCUT2D eigenvalue weighted by Gasteiger charge is -2.09. The highest BCUT2D eigenvalue weighted by Gasteiger charge is 2.14. The SMILES string of the molecule is C[C@@H](CCc1ccccn1)C(=O)c1ccccc1. The van der Waals surface area contributed by atoms with Gasteiger partial charge in [-0.15, -0.1) is 0 Å². The van der Waals surface area contributed by atoms with Gasteiger partial charge in [-0.2, -0.15) is 0 Å². The fourth-order valence-corrected chi connectivity index (χ4v) is 1.93. The molecular formula is C16H17NO. The maximum Gasteiger partial charge on any atom is 0.165 e. The normalized spacial score (nSPS) is 12.1. The molecule has 0 amide bonds. The van der Waals surface area contributed by atoms with Crippen molar-refractivity contribution in [3.8, 4) is 0 Å². The van der Waals surface area contributed by atoms with E-state index in [1.54, 1.807) is 6.20 Å². The molecule has 0 saturated heterocycles. The van der Waals surface area contributed by atoms with E-state index in [1.165, 1.54) is 0 Å². The van der Waals surface area contributed by atoms with Gasteiger partial charge in [-0.25, -0.2) is 0 Å². The van der Waals surface area contributed by atoms with Crippen LogP contribution in [0.5, 0.6) is 0 Å². The van der Waals surface area contributed by atoms with Crippen molar-refractivity contribution in [1.82, 2.24) is 4.98 Å². The molecule has 1 aromatic heterocycles. The number of hydrogen-bond acceptors (Lipinski definition) is 2. The number of Topliss-reactive ketones (excluding diaryl/α,β-unsaturated/α-hetero) is 1. The van der Waals surface area contributed by atoms with E-state index in [0.29, 0.717) is 0 Å². The van der Waals surface area contributed by atoms with Crippen LogP contribution in [0, 0.1) is 5.92 Å². The summed E-state index contributed by atoms with van der Waals surface area (Å²) in [6.07, 6.45) is 3.48. The summed E-state index contributed by atoms with van der Waals surface area (Å²) in [7, 11) is 0. The van der Waals surface area contributed by atoms with E-state index < -0.39 is 0 Å². The molecule has 1 heterocycles. The molecule has 92 valence electrons. The van der Waals surface area contributed by atoms with Gasteiger partial charge >= 0.3 is 0 Å². The monoisotopic (exact) mass is 239 g/mol. The Labute approximate surface area is 108 Å². The molecule has 18 heavy (non-hydrogen) atoms. The van der Waals surface area contributed by atoms with Gasteiger partial charge in [0.1, 0.15) is 0 Å². The van der Waals surface area contributed by atoms with Crippen LogP contribution in [0.4, 0.5) is 0 Å². The third-order valence-corrected chi connectivity index (χ3v) is 3.07. The molecule has 0 saturated carbocycles. The molecule has 1 aromatic carbocycles. The first-order valence-corrected chi connectivity index (χ1v) is 6.26. The predicted octanol–water partition coefficient (Wildman–Crippen LogP) is 3.53. The van der Waals surface area contributed by atoms with Crippen molar-refractivity contribution in [1.29, 1.82) is 0 Å². The second-order valence-corrected chi connectivity index (χ2v) is 4.49. The Kier molecular flexibility index (Phi) is 4.24. The molecule has 2 nitrogen and oxygen atoms in total. The van der Waals surface area contributed by atoms with Gasteiger partial charge in [0.05, 0.1) is 0 Å². The Bertz CT molecular complexity index is 493. The molecule has 0 unspecified atom stereocenters. The van der Waals surface area contributed by atoms with Gasteiger partial charge in [0, 0.05) is 23.4 Å². The minimum absolute atomic E-state index is 0.0365. The van der Waals surface area contributed by atoms with E-state index in [2.05, 4.69) is 4.98 Å². The summed E-state index contributed by atoms with van der Waals surface area (Å²) < 4.78 is 0. The smallest absolute Gasteiger partial charge is 0.165 e. The maximum absolute atomic E-state index is 12.1. The molecule has 0 spiro atoms. The summed E-state index contributed by atoms with van der Waals surface area (Å²) in [6.45, 7) is 1.98. The topological polar surface area (TPSA) is 30.0 Å². The molecule has 2 aromatic rings. The van der Waals surface area contributed by atoms with Gasteiger partial charge in [0.15, 0.2) is 5.78 Å². The second-order valence-electron chi connectivity index (χ2n) is 4.49. The fraction of sp³-hybridized carbons (Fsp3) is 0.250. The third-order valence-electron chi connectivity index (χ3n) is 3.07. The molecule has 0 aliphatic heterocycles. The Morgan fingerprint density at radius 2 is 1.83 bits per heavy atom. The van der Waals surface area contributed by atoms with Crippen LogP contribution < -0.4 is 0 Å². The molecule has 2 rings (SSSR count). The Morgan fingerprint density at radius 1 is 1.11 bits per heavy atom. The van der Waals surface area contributed by atoms with Gasteiger partial charge in [-0.3, -0.25) is 9.78 Å². The zero-order valence-corrected chi connectivity index (χ0v) is 10.5. The average molecular weight is 239 g/mol. The molecule has 0 aliphatic rings. The van der Waals surface area contributed by atoms with E-state index in [9.17, 15) is 4.79 Å². The second kappa shape index (κ2) is 6.10. The highest BCUT2D eigenvalue weighted by atomic mass is 16.1. The summed E-state index contributed by atoms with van der Waals surface area (Å²) in [6, 6.07) is 15.4. The highest BCUT2D eigenvalue weighted by Crippen LogP contribution is 2.14. The van der Waals surface area contributed by atoms with Gasteiger partial charge in [-0.1, -0.05) is 43.3 Å². The largest absolute Gasteiger partial charge is 0.294 e. The Morgan fingerprint density at radius 3 is 2.50 bits per heavy atom. The molecular weight excluding hydrogens is 222 g/mol. The van der Waals surface area contributed by atoms with E-state index in [4.69, 9.17) is 0 Å². The van der Waals surface area contributed by atoms with Gasteiger partial charge in [0.2, 0.25) is 0 Å². The average Bonchev–Trinajstić information content (AvgIpc) is 2.46. The summed E-state index contributed by atoms with van der Waals surface area (Å²) in [5.41, 5.74) is 1.84. The van der Waals surface area contributed by atoms with E-state index in [-0.39, 0.29) is 11.7 Å². The quantitative estimate of drug-likeness (QED) is 0.747. The lowest BCUT2D eigenvalue weighted by atomic mass is 9.94. The van der Waals surface area contributed by atoms with E-state index in [0.717, 1.165) is 24.1 Å². The number of pyridine rings is 1. The van der Waals surface area contributed by atoms with Gasteiger partial charge in [-0.05, 0) is 25.0 Å². The Hall–Kier alpha value is -1.96. The lowest BCUT2D eigenvalue weighted by molar-refractivity contribution is 0.0924. The van der Waals surface area contributed by atoms with Crippen molar-refractivity contribution < 1.29 is 4.79 Å². The van der Waals surface area contributed by atoms with Crippen LogP contribution in [0.1, 0.15) is 29.4 Å². The van der Waals surface area contributed by atoms with Crippen LogP contribution in [0.2, 0.25) is 0 Å². The molecule has 0 N–H and O–H groups in total. The molecule has 0 radical (unpaired) electrons. The highest BCUT2D eigenvalue weighted by molar-refractivity contribution is 5.97. The van der Waals surface area contributed by atoms with Crippen LogP contribution in [0.25, 0.3) is 0 Å². The van der Waals surface area contributed by atoms with E-state index >= 15 is 0 Å². The Balaban J connectivity index is 1.93. The maximum atomic E-state index is 12.1. The minimum Gasteiger partial charge on any atom is -0.294 e. The van der Waals surface area contributed by atoms with Crippen LogP contribution in [0.15, 0.2) is 54.7 Å². The van der Waals surface area contributed by atoms with Crippen molar-refractivity contribution in [2.24, 2.45) is 5.92 Å². The number of aromatic nitrogens is 1. The molecule has 0 bridgehead atoms. The first kappa shape index (κ1) is 12.5. The van der Waals surface area contributed by atoms with Gasteiger partial charge < -0.3 is 0 Å². The number of ketones is 1. The first-order valence-electron chi connectivity index (χ1n) is 6.26. The van der Waals surface area contributed by atoms with Crippen molar-refractivity contribution in [3.63, 3.8) is 0 Å². The first-order chi connectivity index (χ1) is 8.77. The number of carbonyl (C=O) groups excluding carboxylic acids is 1. The number of nitrogens with zero attached hydrogens (tertiary/aromatic N) is 1. The van der Waals surface area contributed by atoms with E-state index in [1.807, 2.05) is 55.5 Å². The van der Waals surface area contributed by atoms with Crippen LogP contribution in [-0.2, 0) is 6.42 Å². The summed E-state index contributed by atoms with van der Waals surface area (Å²) in [4.78, 5) is 16.4. The molecule has 2 heteroatoms. The molecule has 0 aliphatic carbocycles. The van der Waals surface area contributed by atoms with Gasteiger partial charge in [0.25, 0.3) is 0 Å². The van der Waals surface area contributed by atoms with Crippen LogP contribution >= 0.6 is 0 Å². The summed E-state index contributed by atoms with van der Waals surface area (Å²) in [5.74, 6) is 0.251. The van der Waals surface area contributed by atoms with Crippen molar-refractivity contribution >= 4 is 5.78 Å².